The number of carbonyl (C=O) groups is 1. The van der Waals surface area contributed by atoms with Crippen LogP contribution in [-0.2, 0) is 11.4 Å². The van der Waals surface area contributed by atoms with Crippen molar-refractivity contribution in [3.63, 3.8) is 0 Å². The summed E-state index contributed by atoms with van der Waals surface area (Å²) in [6, 6.07) is 11.4. The first kappa shape index (κ1) is 15.6. The number of nitrogens with zero attached hydrogens (tertiary/aromatic N) is 1. The molecule has 3 heterocycles. The van der Waals surface area contributed by atoms with Crippen molar-refractivity contribution >= 4 is 34.3 Å². The normalized spacial score (nSPS) is 14.4. The van der Waals surface area contributed by atoms with Gasteiger partial charge >= 0.3 is 0 Å². The van der Waals surface area contributed by atoms with Crippen molar-refractivity contribution in [2.75, 3.05) is 10.6 Å². The standard InChI is InChI=1S/C19H15N3O2S/c23-10-12-2-1-3-15(6-12)20-9-17-16-7-14(13-4-5-25-11-13)8-21-18(16)22-19(17)24/h1-9,11,20,23H,10H2,(H,21,22,24)/b17-9-. The van der Waals surface area contributed by atoms with Crippen LogP contribution in [-0.4, -0.2) is 16.0 Å². The third kappa shape index (κ3) is 3.05. The van der Waals surface area contributed by atoms with Crippen LogP contribution in [0.25, 0.3) is 16.7 Å². The number of carbonyl (C=O) groups excluding carboxylic acids is 1. The Morgan fingerprint density at radius 3 is 2.96 bits per heavy atom. The number of aliphatic hydroxyl groups is 1. The van der Waals surface area contributed by atoms with E-state index < -0.39 is 0 Å². The third-order valence-electron chi connectivity index (χ3n) is 4.00. The Hall–Kier alpha value is -2.96. The molecule has 2 aromatic heterocycles. The van der Waals surface area contributed by atoms with E-state index in [4.69, 9.17) is 0 Å². The van der Waals surface area contributed by atoms with E-state index in [9.17, 15) is 9.90 Å². The Morgan fingerprint density at radius 1 is 1.24 bits per heavy atom. The highest BCUT2D eigenvalue weighted by atomic mass is 32.1. The molecule has 124 valence electrons. The first-order valence-electron chi connectivity index (χ1n) is 7.75. The predicted molar refractivity (Wildman–Crippen MR) is 100 cm³/mol. The van der Waals surface area contributed by atoms with Gasteiger partial charge in [-0.3, -0.25) is 4.79 Å². The van der Waals surface area contributed by atoms with Crippen LogP contribution in [0.1, 0.15) is 11.1 Å². The maximum Gasteiger partial charge on any atom is 0.259 e. The Morgan fingerprint density at radius 2 is 2.16 bits per heavy atom. The summed E-state index contributed by atoms with van der Waals surface area (Å²) in [5.74, 6) is 0.386. The van der Waals surface area contributed by atoms with E-state index in [1.54, 1.807) is 23.7 Å². The number of pyridine rings is 1. The van der Waals surface area contributed by atoms with Gasteiger partial charge < -0.3 is 15.7 Å². The molecule has 0 unspecified atom stereocenters. The van der Waals surface area contributed by atoms with Gasteiger partial charge in [-0.05, 0) is 46.2 Å². The van der Waals surface area contributed by atoms with Gasteiger partial charge in [0.25, 0.3) is 5.91 Å². The van der Waals surface area contributed by atoms with Crippen molar-refractivity contribution in [1.82, 2.24) is 4.98 Å². The van der Waals surface area contributed by atoms with Gasteiger partial charge in [0.15, 0.2) is 0 Å². The molecular weight excluding hydrogens is 334 g/mol. The maximum atomic E-state index is 12.3. The first-order valence-corrected chi connectivity index (χ1v) is 8.70. The smallest absolute Gasteiger partial charge is 0.259 e. The zero-order chi connectivity index (χ0) is 17.2. The van der Waals surface area contributed by atoms with Gasteiger partial charge in [-0.25, -0.2) is 4.98 Å². The van der Waals surface area contributed by atoms with Crippen molar-refractivity contribution in [2.45, 2.75) is 6.61 Å². The molecule has 0 aliphatic carbocycles. The molecule has 3 N–H and O–H groups in total. The van der Waals surface area contributed by atoms with E-state index in [1.165, 1.54) is 0 Å². The molecular formula is C19H15N3O2S. The lowest BCUT2D eigenvalue weighted by Crippen LogP contribution is -2.05. The lowest BCUT2D eigenvalue weighted by molar-refractivity contribution is -0.110. The molecule has 0 saturated carbocycles. The molecule has 25 heavy (non-hydrogen) atoms. The largest absolute Gasteiger partial charge is 0.392 e. The number of rotatable bonds is 4. The molecule has 0 saturated heterocycles. The van der Waals surface area contributed by atoms with E-state index in [-0.39, 0.29) is 12.5 Å². The van der Waals surface area contributed by atoms with E-state index >= 15 is 0 Å². The molecule has 1 aromatic carbocycles. The Labute approximate surface area is 148 Å². The molecule has 0 bridgehead atoms. The van der Waals surface area contributed by atoms with Crippen LogP contribution >= 0.6 is 11.3 Å². The van der Waals surface area contributed by atoms with Crippen molar-refractivity contribution in [1.29, 1.82) is 0 Å². The molecule has 0 spiro atoms. The first-order chi connectivity index (χ1) is 12.2. The molecule has 1 aliphatic heterocycles. The number of thiophene rings is 1. The predicted octanol–water partition coefficient (Wildman–Crippen LogP) is 3.71. The minimum atomic E-state index is -0.184. The molecule has 6 heteroatoms. The highest BCUT2D eigenvalue weighted by molar-refractivity contribution is 7.08. The highest BCUT2D eigenvalue weighted by Crippen LogP contribution is 2.33. The van der Waals surface area contributed by atoms with Gasteiger partial charge in [-0.2, -0.15) is 11.3 Å². The fourth-order valence-corrected chi connectivity index (χ4v) is 3.38. The monoisotopic (exact) mass is 349 g/mol. The van der Waals surface area contributed by atoms with Crippen LogP contribution in [0.2, 0.25) is 0 Å². The van der Waals surface area contributed by atoms with Crippen molar-refractivity contribution in [3.8, 4) is 11.1 Å². The summed E-state index contributed by atoms with van der Waals surface area (Å²) >= 11 is 1.62. The third-order valence-corrected chi connectivity index (χ3v) is 4.68. The maximum absolute atomic E-state index is 12.3. The summed E-state index contributed by atoms with van der Waals surface area (Å²) in [5.41, 5.74) is 4.99. The summed E-state index contributed by atoms with van der Waals surface area (Å²) < 4.78 is 0. The number of hydrogen-bond donors (Lipinski definition) is 3. The Kier molecular flexibility index (Phi) is 4.05. The number of aromatic nitrogens is 1. The summed E-state index contributed by atoms with van der Waals surface area (Å²) in [5, 5.41) is 19.2. The summed E-state index contributed by atoms with van der Waals surface area (Å²) in [6.45, 7) is -0.0245. The van der Waals surface area contributed by atoms with Gasteiger partial charge in [0.2, 0.25) is 0 Å². The van der Waals surface area contributed by atoms with E-state index in [1.807, 2.05) is 41.8 Å². The molecule has 0 radical (unpaired) electrons. The molecule has 1 amide bonds. The summed E-state index contributed by atoms with van der Waals surface area (Å²) in [4.78, 5) is 16.6. The number of benzene rings is 1. The van der Waals surface area contributed by atoms with Crippen molar-refractivity contribution in [3.05, 3.63) is 70.7 Å². The van der Waals surface area contributed by atoms with Gasteiger partial charge in [-0.1, -0.05) is 12.1 Å². The molecule has 5 nitrogen and oxygen atoms in total. The molecule has 4 rings (SSSR count). The number of nitrogens with one attached hydrogen (secondary N) is 2. The molecule has 0 atom stereocenters. The van der Waals surface area contributed by atoms with E-state index in [0.717, 1.165) is 27.9 Å². The van der Waals surface area contributed by atoms with Crippen LogP contribution in [0.4, 0.5) is 11.5 Å². The van der Waals surface area contributed by atoms with Crippen LogP contribution in [0.3, 0.4) is 0 Å². The number of hydrogen-bond acceptors (Lipinski definition) is 5. The van der Waals surface area contributed by atoms with Crippen LogP contribution in [0, 0.1) is 0 Å². The van der Waals surface area contributed by atoms with Gasteiger partial charge in [-0.15, -0.1) is 0 Å². The van der Waals surface area contributed by atoms with E-state index in [2.05, 4.69) is 21.0 Å². The second-order valence-corrected chi connectivity index (χ2v) is 6.43. The molecule has 3 aromatic rings. The molecule has 0 fully saturated rings. The number of amides is 1. The van der Waals surface area contributed by atoms with Gasteiger partial charge in [0, 0.05) is 29.2 Å². The second kappa shape index (κ2) is 6.51. The average molecular weight is 349 g/mol. The number of aliphatic hydroxyl groups excluding tert-OH is 1. The Balaban J connectivity index is 1.67. The van der Waals surface area contributed by atoms with Gasteiger partial charge in [0.1, 0.15) is 5.82 Å². The quantitative estimate of drug-likeness (QED) is 0.628. The highest BCUT2D eigenvalue weighted by Gasteiger charge is 2.25. The second-order valence-electron chi connectivity index (χ2n) is 5.65. The van der Waals surface area contributed by atoms with Crippen LogP contribution in [0.15, 0.2) is 59.6 Å². The zero-order valence-corrected chi connectivity index (χ0v) is 14.0. The SMILES string of the molecule is O=C1Nc2ncc(-c3ccsc3)cc2/C1=C/Nc1cccc(CO)c1. The average Bonchev–Trinajstić information content (AvgIpc) is 3.27. The van der Waals surface area contributed by atoms with Crippen molar-refractivity contribution in [2.24, 2.45) is 0 Å². The van der Waals surface area contributed by atoms with Crippen LogP contribution < -0.4 is 10.6 Å². The fourth-order valence-electron chi connectivity index (χ4n) is 2.71. The zero-order valence-electron chi connectivity index (χ0n) is 13.2. The molecule has 1 aliphatic rings. The van der Waals surface area contributed by atoms with Gasteiger partial charge in [0.05, 0.1) is 12.2 Å². The van der Waals surface area contributed by atoms with E-state index in [0.29, 0.717) is 11.4 Å². The summed E-state index contributed by atoms with van der Waals surface area (Å²) in [7, 11) is 0. The minimum absolute atomic E-state index is 0.0245. The fraction of sp³-hybridized carbons (Fsp3) is 0.0526. The number of anilines is 2. The van der Waals surface area contributed by atoms with Crippen LogP contribution in [0.5, 0.6) is 0 Å². The topological polar surface area (TPSA) is 74.2 Å². The number of fused-ring (bicyclic) bond motifs is 1. The minimum Gasteiger partial charge on any atom is -0.392 e. The lowest BCUT2D eigenvalue weighted by atomic mass is 10.1. The lowest BCUT2D eigenvalue weighted by Gasteiger charge is -2.05. The Bertz CT molecular complexity index is 965. The summed E-state index contributed by atoms with van der Waals surface area (Å²) in [6.07, 6.45) is 3.44. The van der Waals surface area contributed by atoms with Crippen molar-refractivity contribution < 1.29 is 9.90 Å².